The SMILES string of the molecule is CCOc1nc(N)nc2c1ncn2[C@@H]1O[C@@]2(CO[P+](C)=O)CO[C@]1(F)[C@@H]2O. The highest BCUT2D eigenvalue weighted by Gasteiger charge is 2.73. The molecule has 0 aromatic carbocycles. The Balaban J connectivity index is 1.75. The third kappa shape index (κ3) is 2.67. The zero-order valence-corrected chi connectivity index (χ0v) is 15.4. The van der Waals surface area contributed by atoms with E-state index in [1.54, 1.807) is 6.92 Å². The minimum absolute atomic E-state index is 0.0914. The smallest absolute Gasteiger partial charge is 0.476 e. The van der Waals surface area contributed by atoms with E-state index in [1.807, 2.05) is 0 Å². The number of alkyl halides is 1. The van der Waals surface area contributed by atoms with Crippen LogP contribution in [0.3, 0.4) is 0 Å². The average Bonchev–Trinajstić information content (AvgIpc) is 3.20. The van der Waals surface area contributed by atoms with Crippen LogP contribution in [0.4, 0.5) is 10.3 Å². The first-order valence-corrected chi connectivity index (χ1v) is 9.78. The predicted octanol–water partition coefficient (Wildman–Crippen LogP) is 0.520. The predicted molar refractivity (Wildman–Crippen MR) is 89.0 cm³/mol. The molecule has 0 saturated carbocycles. The number of hydrogen-bond donors (Lipinski definition) is 2. The molecule has 0 spiro atoms. The number of imidazole rings is 1. The molecule has 146 valence electrons. The van der Waals surface area contributed by atoms with E-state index in [4.69, 9.17) is 24.5 Å². The van der Waals surface area contributed by atoms with Crippen LogP contribution in [-0.2, 0) is 18.6 Å². The Morgan fingerprint density at radius 2 is 2.33 bits per heavy atom. The van der Waals surface area contributed by atoms with E-state index in [9.17, 15) is 9.67 Å². The van der Waals surface area contributed by atoms with Gasteiger partial charge in [-0.15, -0.1) is 4.52 Å². The molecule has 2 aromatic rings. The number of aromatic nitrogens is 4. The molecule has 3 N–H and O–H groups in total. The molecule has 4 rings (SSSR count). The van der Waals surface area contributed by atoms with Crippen LogP contribution in [-0.4, -0.2) is 68.7 Å². The summed E-state index contributed by atoms with van der Waals surface area (Å²) in [4.78, 5) is 12.2. The summed E-state index contributed by atoms with van der Waals surface area (Å²) in [7, 11) is -1.96. The fourth-order valence-corrected chi connectivity index (χ4v) is 3.67. The van der Waals surface area contributed by atoms with Gasteiger partial charge in [-0.1, -0.05) is 0 Å². The van der Waals surface area contributed by atoms with Crippen LogP contribution < -0.4 is 10.5 Å². The molecule has 27 heavy (non-hydrogen) atoms. The summed E-state index contributed by atoms with van der Waals surface area (Å²) >= 11 is 0. The van der Waals surface area contributed by atoms with Crippen LogP contribution in [0.5, 0.6) is 5.88 Å². The van der Waals surface area contributed by atoms with Crippen molar-refractivity contribution in [2.45, 2.75) is 30.7 Å². The lowest BCUT2D eigenvalue weighted by molar-refractivity contribution is -0.259. The van der Waals surface area contributed by atoms with Crippen LogP contribution in [0.2, 0.25) is 0 Å². The van der Waals surface area contributed by atoms with Crippen LogP contribution in [0, 0.1) is 0 Å². The number of nitrogens with two attached hydrogens (primary N) is 1. The summed E-state index contributed by atoms with van der Waals surface area (Å²) in [5, 5.41) is 10.5. The highest BCUT2D eigenvalue weighted by molar-refractivity contribution is 7.38. The number of halogens is 1. The second-order valence-corrected chi connectivity index (χ2v) is 7.42. The van der Waals surface area contributed by atoms with Gasteiger partial charge in [0.05, 0.1) is 19.5 Å². The van der Waals surface area contributed by atoms with Crippen molar-refractivity contribution in [3.63, 3.8) is 0 Å². The Kier molecular flexibility index (Phi) is 4.28. The van der Waals surface area contributed by atoms with E-state index in [0.717, 1.165) is 0 Å². The summed E-state index contributed by atoms with van der Waals surface area (Å²) < 4.78 is 49.5. The van der Waals surface area contributed by atoms with E-state index in [1.165, 1.54) is 17.6 Å². The van der Waals surface area contributed by atoms with Gasteiger partial charge in [0.25, 0.3) is 5.85 Å². The first-order chi connectivity index (χ1) is 12.8. The molecule has 2 aliphatic heterocycles. The number of ether oxygens (including phenoxy) is 3. The molecular weight excluding hydrogens is 384 g/mol. The number of rotatable bonds is 6. The van der Waals surface area contributed by atoms with E-state index in [2.05, 4.69) is 15.0 Å². The molecule has 2 aromatic heterocycles. The van der Waals surface area contributed by atoms with Gasteiger partial charge < -0.3 is 25.1 Å². The van der Waals surface area contributed by atoms with Crippen molar-refractivity contribution in [1.29, 1.82) is 0 Å². The number of aliphatic hydroxyl groups excluding tert-OH is 1. The molecule has 0 radical (unpaired) electrons. The number of nitrogen functional groups attached to an aromatic ring is 1. The maximum Gasteiger partial charge on any atom is 0.504 e. The lowest BCUT2D eigenvalue weighted by Gasteiger charge is -2.30. The lowest BCUT2D eigenvalue weighted by atomic mass is 9.99. The van der Waals surface area contributed by atoms with Crippen LogP contribution in [0.25, 0.3) is 11.2 Å². The van der Waals surface area contributed by atoms with Crippen LogP contribution >= 0.6 is 8.03 Å². The molecule has 0 amide bonds. The van der Waals surface area contributed by atoms with Crippen molar-refractivity contribution < 1.29 is 32.8 Å². The van der Waals surface area contributed by atoms with Gasteiger partial charge >= 0.3 is 8.03 Å². The molecule has 2 saturated heterocycles. The summed E-state index contributed by atoms with van der Waals surface area (Å²) in [6.07, 6.45) is -1.79. The average molecular weight is 402 g/mol. The molecule has 5 atom stereocenters. The zero-order valence-electron chi connectivity index (χ0n) is 14.5. The van der Waals surface area contributed by atoms with Gasteiger partial charge in [0.2, 0.25) is 11.8 Å². The Bertz CT molecular complexity index is 913. The number of anilines is 1. The summed E-state index contributed by atoms with van der Waals surface area (Å²) in [5.41, 5.74) is 4.63. The van der Waals surface area contributed by atoms with E-state index < -0.39 is 31.8 Å². The van der Waals surface area contributed by atoms with E-state index >= 15 is 4.39 Å². The summed E-state index contributed by atoms with van der Waals surface area (Å²) in [5.74, 6) is -2.51. The normalized spacial score (nSPS) is 33.0. The minimum atomic E-state index is -2.57. The molecule has 1 unspecified atom stereocenters. The monoisotopic (exact) mass is 402 g/mol. The standard InChI is InChI=1S/C14H18FN5O6P/c1-3-23-9-7-8(18-12(16)19-9)20(6-17-7)11-14(15)10(21)13(26-11,4-24-14)5-25-27(2)22/h6,10-11,21H,3-5H2,1-2H3,(H2,16,18,19)/q+1/t10-,11-,13-,14-/m1/s1. The molecule has 11 nitrogen and oxygen atoms in total. The quantitative estimate of drug-likeness (QED) is 0.656. The molecular formula is C14H18FN5O6P+. The highest BCUT2D eigenvalue weighted by Crippen LogP contribution is 2.54. The molecule has 0 aliphatic carbocycles. The molecule has 2 aliphatic rings. The van der Waals surface area contributed by atoms with Gasteiger partial charge in [0, 0.05) is 0 Å². The molecule has 13 heteroatoms. The molecule has 2 bridgehead atoms. The molecule has 2 fully saturated rings. The topological polar surface area (TPSA) is 144 Å². The van der Waals surface area contributed by atoms with Gasteiger partial charge in [0.15, 0.2) is 35.8 Å². The maximum atomic E-state index is 15.5. The fraction of sp³-hybridized carbons (Fsp3) is 0.643. The Morgan fingerprint density at radius 1 is 1.56 bits per heavy atom. The van der Waals surface area contributed by atoms with Crippen molar-refractivity contribution >= 4 is 25.1 Å². The maximum absolute atomic E-state index is 15.5. The highest BCUT2D eigenvalue weighted by atomic mass is 31.1. The third-order valence-electron chi connectivity index (χ3n) is 4.52. The van der Waals surface area contributed by atoms with Gasteiger partial charge in [-0.3, -0.25) is 4.57 Å². The van der Waals surface area contributed by atoms with Crippen molar-refractivity contribution in [2.75, 3.05) is 32.2 Å². The number of hydrogen-bond acceptors (Lipinski definition) is 10. The Morgan fingerprint density at radius 3 is 3.04 bits per heavy atom. The Labute approximate surface area is 153 Å². The van der Waals surface area contributed by atoms with Crippen molar-refractivity contribution in [1.82, 2.24) is 19.5 Å². The number of aliphatic hydroxyl groups is 1. The van der Waals surface area contributed by atoms with Gasteiger partial charge in [-0.25, -0.2) is 9.37 Å². The Hall–Kier alpha value is -1.98. The van der Waals surface area contributed by atoms with Crippen LogP contribution in [0.15, 0.2) is 6.33 Å². The van der Waals surface area contributed by atoms with Gasteiger partial charge in [-0.05, 0) is 11.5 Å². The molecule has 4 heterocycles. The fourth-order valence-electron chi connectivity index (χ4n) is 3.27. The van der Waals surface area contributed by atoms with E-state index in [0.29, 0.717) is 6.61 Å². The third-order valence-corrected chi connectivity index (χ3v) is 5.02. The van der Waals surface area contributed by atoms with Gasteiger partial charge in [0.1, 0.15) is 6.61 Å². The largest absolute Gasteiger partial charge is 0.504 e. The minimum Gasteiger partial charge on any atom is -0.476 e. The van der Waals surface area contributed by atoms with Crippen molar-refractivity contribution in [2.24, 2.45) is 0 Å². The lowest BCUT2D eigenvalue weighted by Crippen LogP contribution is -2.45. The second kappa shape index (κ2) is 6.28. The second-order valence-electron chi connectivity index (χ2n) is 6.28. The summed E-state index contributed by atoms with van der Waals surface area (Å²) in [6, 6.07) is 0. The zero-order chi connectivity index (χ0) is 19.4. The van der Waals surface area contributed by atoms with Crippen LogP contribution in [0.1, 0.15) is 13.2 Å². The number of nitrogens with zero attached hydrogens (tertiary/aromatic N) is 4. The van der Waals surface area contributed by atoms with Gasteiger partial charge in [-0.2, -0.15) is 9.97 Å². The van der Waals surface area contributed by atoms with Crippen molar-refractivity contribution in [3.8, 4) is 5.88 Å². The van der Waals surface area contributed by atoms with E-state index in [-0.39, 0.29) is 36.2 Å². The number of fused-ring (bicyclic) bond motifs is 3. The first kappa shape index (κ1) is 18.4. The summed E-state index contributed by atoms with van der Waals surface area (Å²) in [6.45, 7) is 2.89. The first-order valence-electron chi connectivity index (χ1n) is 8.16. The van der Waals surface area contributed by atoms with Crippen molar-refractivity contribution in [3.05, 3.63) is 6.33 Å².